The number of rotatable bonds is 6. The number of hydrogen-bond donors (Lipinski definition) is 1. The summed E-state index contributed by atoms with van der Waals surface area (Å²) in [5.41, 5.74) is 0.857. The Morgan fingerprint density at radius 3 is 3.05 bits per heavy atom. The van der Waals surface area contributed by atoms with Crippen molar-refractivity contribution < 1.29 is 9.13 Å². The molecule has 1 aliphatic rings. The monoisotopic (exact) mass is 281 g/mol. The predicted molar refractivity (Wildman–Crippen MR) is 77.1 cm³/mol. The van der Waals surface area contributed by atoms with Crippen molar-refractivity contribution in [1.29, 1.82) is 0 Å². The number of morpholine rings is 1. The van der Waals surface area contributed by atoms with Crippen LogP contribution in [0, 0.1) is 5.82 Å². The average Bonchev–Trinajstić information content (AvgIpc) is 2.45. The van der Waals surface area contributed by atoms with E-state index in [1.165, 1.54) is 6.20 Å². The molecule has 112 valence electrons. The van der Waals surface area contributed by atoms with E-state index in [0.717, 1.165) is 44.8 Å². The lowest BCUT2D eigenvalue weighted by atomic mass is 10.0. The lowest BCUT2D eigenvalue weighted by molar-refractivity contribution is -0.0469. The summed E-state index contributed by atoms with van der Waals surface area (Å²) >= 11 is 0. The lowest BCUT2D eigenvalue weighted by Gasteiger charge is -2.37. The molecule has 20 heavy (non-hydrogen) atoms. The zero-order valence-electron chi connectivity index (χ0n) is 12.3. The maximum Gasteiger partial charge on any atom is 0.141 e. The zero-order valence-corrected chi connectivity index (χ0v) is 12.3. The first-order chi connectivity index (χ1) is 9.74. The Kier molecular flexibility index (Phi) is 5.88. The molecule has 0 aliphatic carbocycles. The fraction of sp³-hybridized carbons (Fsp3) is 0.667. The van der Waals surface area contributed by atoms with Crippen molar-refractivity contribution in [2.75, 3.05) is 32.8 Å². The maximum atomic E-state index is 13.4. The molecule has 0 amide bonds. The normalized spacial score (nSPS) is 21.9. The van der Waals surface area contributed by atoms with Gasteiger partial charge >= 0.3 is 0 Å². The van der Waals surface area contributed by atoms with E-state index in [9.17, 15) is 4.39 Å². The van der Waals surface area contributed by atoms with Crippen molar-refractivity contribution in [3.63, 3.8) is 0 Å². The molecule has 1 aromatic heterocycles. The molecule has 0 spiro atoms. The second-order valence-corrected chi connectivity index (χ2v) is 5.18. The summed E-state index contributed by atoms with van der Waals surface area (Å²) in [4.78, 5) is 6.36. The standard InChI is InChI=1S/C15H24FN3O/c1-3-5-19-6-7-20-14(11-19)15(18-4-2)12-8-13(16)10-17-9-12/h8-10,14-15,18H,3-7,11H2,1-2H3. The van der Waals surface area contributed by atoms with Crippen molar-refractivity contribution in [2.45, 2.75) is 32.4 Å². The summed E-state index contributed by atoms with van der Waals surface area (Å²) in [6.45, 7) is 8.71. The van der Waals surface area contributed by atoms with Crippen LogP contribution >= 0.6 is 0 Å². The molecule has 1 saturated heterocycles. The van der Waals surface area contributed by atoms with E-state index >= 15 is 0 Å². The summed E-state index contributed by atoms with van der Waals surface area (Å²) in [7, 11) is 0. The fourth-order valence-electron chi connectivity index (χ4n) is 2.73. The van der Waals surface area contributed by atoms with Crippen molar-refractivity contribution in [1.82, 2.24) is 15.2 Å². The number of pyridine rings is 1. The Balaban J connectivity index is 2.11. The Bertz CT molecular complexity index is 414. The molecule has 2 rings (SSSR count). The van der Waals surface area contributed by atoms with Gasteiger partial charge in [-0.05, 0) is 31.1 Å². The van der Waals surface area contributed by atoms with E-state index in [2.05, 4.69) is 22.1 Å². The number of nitrogens with zero attached hydrogens (tertiary/aromatic N) is 2. The van der Waals surface area contributed by atoms with Gasteiger partial charge in [0.25, 0.3) is 0 Å². The summed E-state index contributed by atoms with van der Waals surface area (Å²) < 4.78 is 19.3. The van der Waals surface area contributed by atoms with Crippen LogP contribution in [0.2, 0.25) is 0 Å². The lowest BCUT2D eigenvalue weighted by Crippen LogP contribution is -2.48. The van der Waals surface area contributed by atoms with Gasteiger partial charge in [-0.2, -0.15) is 0 Å². The van der Waals surface area contributed by atoms with Crippen LogP contribution in [0.15, 0.2) is 18.5 Å². The van der Waals surface area contributed by atoms with E-state index in [1.807, 2.05) is 6.92 Å². The summed E-state index contributed by atoms with van der Waals surface area (Å²) in [6, 6.07) is 1.53. The quantitative estimate of drug-likeness (QED) is 0.865. The van der Waals surface area contributed by atoms with Gasteiger partial charge < -0.3 is 10.1 Å². The molecule has 0 radical (unpaired) electrons. The van der Waals surface area contributed by atoms with E-state index in [-0.39, 0.29) is 18.0 Å². The average molecular weight is 281 g/mol. The van der Waals surface area contributed by atoms with Crippen molar-refractivity contribution in [3.8, 4) is 0 Å². The number of aromatic nitrogens is 1. The zero-order chi connectivity index (χ0) is 14.4. The minimum absolute atomic E-state index is 0.0112. The molecule has 1 aliphatic heterocycles. The molecule has 2 atom stereocenters. The van der Waals surface area contributed by atoms with Gasteiger partial charge in [-0.3, -0.25) is 9.88 Å². The molecule has 2 heterocycles. The van der Waals surface area contributed by atoms with Gasteiger partial charge in [-0.15, -0.1) is 0 Å². The predicted octanol–water partition coefficient (Wildman–Crippen LogP) is 1.98. The van der Waals surface area contributed by atoms with E-state index < -0.39 is 0 Å². The molecule has 1 aromatic rings. The van der Waals surface area contributed by atoms with Crippen molar-refractivity contribution in [3.05, 3.63) is 29.8 Å². The molecule has 2 unspecified atom stereocenters. The summed E-state index contributed by atoms with van der Waals surface area (Å²) in [5.74, 6) is -0.299. The van der Waals surface area contributed by atoms with Crippen LogP contribution in [-0.2, 0) is 4.74 Å². The number of likely N-dealkylation sites (N-methyl/N-ethyl adjacent to an activating group) is 1. The number of hydrogen-bond acceptors (Lipinski definition) is 4. The molecular formula is C15H24FN3O. The van der Waals surface area contributed by atoms with Crippen LogP contribution in [0.3, 0.4) is 0 Å². The molecule has 0 aromatic carbocycles. The third-order valence-electron chi connectivity index (χ3n) is 3.60. The molecule has 0 saturated carbocycles. The minimum atomic E-state index is -0.299. The summed E-state index contributed by atoms with van der Waals surface area (Å²) in [6.07, 6.45) is 4.13. The SMILES string of the molecule is CCCN1CCOC(C(NCC)c2cncc(F)c2)C1. The second kappa shape index (κ2) is 7.67. The van der Waals surface area contributed by atoms with Crippen LogP contribution in [0.25, 0.3) is 0 Å². The van der Waals surface area contributed by atoms with Gasteiger partial charge in [-0.25, -0.2) is 4.39 Å². The van der Waals surface area contributed by atoms with Gasteiger partial charge in [0.2, 0.25) is 0 Å². The first kappa shape index (κ1) is 15.4. The largest absolute Gasteiger partial charge is 0.374 e. The van der Waals surface area contributed by atoms with Crippen LogP contribution in [-0.4, -0.2) is 48.8 Å². The van der Waals surface area contributed by atoms with Crippen LogP contribution < -0.4 is 5.32 Å². The highest BCUT2D eigenvalue weighted by Crippen LogP contribution is 2.22. The fourth-order valence-corrected chi connectivity index (χ4v) is 2.73. The van der Waals surface area contributed by atoms with Gasteiger partial charge in [-0.1, -0.05) is 13.8 Å². The number of ether oxygens (including phenoxy) is 1. The van der Waals surface area contributed by atoms with E-state index in [0.29, 0.717) is 0 Å². The van der Waals surface area contributed by atoms with Crippen molar-refractivity contribution >= 4 is 0 Å². The highest BCUT2D eigenvalue weighted by molar-refractivity contribution is 5.17. The Hall–Kier alpha value is -1.04. The highest BCUT2D eigenvalue weighted by Gasteiger charge is 2.28. The molecular weight excluding hydrogens is 257 g/mol. The van der Waals surface area contributed by atoms with E-state index in [4.69, 9.17) is 4.74 Å². The van der Waals surface area contributed by atoms with Crippen LogP contribution in [0.4, 0.5) is 4.39 Å². The topological polar surface area (TPSA) is 37.4 Å². The molecule has 1 fully saturated rings. The van der Waals surface area contributed by atoms with Gasteiger partial charge in [0.1, 0.15) is 5.82 Å². The molecule has 4 nitrogen and oxygen atoms in total. The molecule has 5 heteroatoms. The first-order valence-electron chi connectivity index (χ1n) is 7.42. The Morgan fingerprint density at radius 1 is 1.50 bits per heavy atom. The first-order valence-corrected chi connectivity index (χ1v) is 7.42. The van der Waals surface area contributed by atoms with Crippen LogP contribution in [0.1, 0.15) is 31.9 Å². The number of halogens is 1. The van der Waals surface area contributed by atoms with Gasteiger partial charge in [0, 0.05) is 19.3 Å². The second-order valence-electron chi connectivity index (χ2n) is 5.18. The Morgan fingerprint density at radius 2 is 2.35 bits per heavy atom. The third-order valence-corrected chi connectivity index (χ3v) is 3.60. The third kappa shape index (κ3) is 3.98. The molecule has 0 bridgehead atoms. The molecule has 1 N–H and O–H groups in total. The van der Waals surface area contributed by atoms with Crippen molar-refractivity contribution in [2.24, 2.45) is 0 Å². The highest BCUT2D eigenvalue weighted by atomic mass is 19.1. The minimum Gasteiger partial charge on any atom is -0.374 e. The number of nitrogens with one attached hydrogen (secondary N) is 1. The van der Waals surface area contributed by atoms with E-state index in [1.54, 1.807) is 12.3 Å². The van der Waals surface area contributed by atoms with Crippen LogP contribution in [0.5, 0.6) is 0 Å². The summed E-state index contributed by atoms with van der Waals surface area (Å²) in [5, 5.41) is 3.40. The Labute approximate surface area is 120 Å². The van der Waals surface area contributed by atoms with Gasteiger partial charge in [0.05, 0.1) is 24.9 Å². The smallest absolute Gasteiger partial charge is 0.141 e. The maximum absolute atomic E-state index is 13.4. The van der Waals surface area contributed by atoms with Gasteiger partial charge in [0.15, 0.2) is 0 Å².